The number of thiophene rings is 1. The fraction of sp³-hybridized carbons (Fsp3) is 0.125. The molecule has 3 rings (SSSR count). The van der Waals surface area contributed by atoms with Crippen molar-refractivity contribution < 1.29 is 19.8 Å². The molecular formula is C16H13N3O5S. The van der Waals surface area contributed by atoms with E-state index >= 15 is 0 Å². The van der Waals surface area contributed by atoms with Crippen LogP contribution in [0.5, 0.6) is 5.75 Å². The lowest BCUT2D eigenvalue weighted by atomic mass is 10.1. The van der Waals surface area contributed by atoms with Gasteiger partial charge in [-0.2, -0.15) is 0 Å². The number of nitrogens with one attached hydrogen (secondary N) is 1. The van der Waals surface area contributed by atoms with E-state index in [4.69, 9.17) is 5.11 Å². The number of pyridine rings is 2. The zero-order valence-corrected chi connectivity index (χ0v) is 13.8. The first-order chi connectivity index (χ1) is 11.9. The van der Waals surface area contributed by atoms with E-state index < -0.39 is 35.3 Å². The molecule has 0 aliphatic heterocycles. The second-order valence-corrected chi connectivity index (χ2v) is 6.18. The Balaban J connectivity index is 2.19. The zero-order chi connectivity index (χ0) is 18.1. The molecule has 0 saturated heterocycles. The molecule has 0 fully saturated rings. The smallest absolute Gasteiger partial charge is 0.322 e. The second kappa shape index (κ2) is 6.36. The first-order valence-corrected chi connectivity index (χ1v) is 8.03. The number of carboxylic acids is 1. The molecule has 0 atom stereocenters. The van der Waals surface area contributed by atoms with Crippen molar-refractivity contribution in [3.63, 3.8) is 0 Å². The molecule has 0 unspecified atom stereocenters. The van der Waals surface area contributed by atoms with E-state index in [0.29, 0.717) is 11.2 Å². The molecule has 0 bridgehead atoms. The summed E-state index contributed by atoms with van der Waals surface area (Å²) >= 11 is 1.46. The Hall–Kier alpha value is -3.20. The van der Waals surface area contributed by atoms with Crippen LogP contribution < -0.4 is 10.9 Å². The van der Waals surface area contributed by atoms with Gasteiger partial charge < -0.3 is 20.1 Å². The number of rotatable bonds is 4. The summed E-state index contributed by atoms with van der Waals surface area (Å²) in [5.74, 6) is -2.70. The molecule has 0 aromatic carbocycles. The topological polar surface area (TPSA) is 122 Å². The first-order valence-electron chi connectivity index (χ1n) is 7.15. The van der Waals surface area contributed by atoms with Gasteiger partial charge in [-0.1, -0.05) is 6.07 Å². The fourth-order valence-corrected chi connectivity index (χ4v) is 3.12. The molecule has 9 heteroatoms. The number of aryl methyl sites for hydroxylation is 1. The normalized spacial score (nSPS) is 10.8. The second-order valence-electron chi connectivity index (χ2n) is 5.23. The maximum atomic E-state index is 12.4. The predicted molar refractivity (Wildman–Crippen MR) is 91.9 cm³/mol. The average molecular weight is 359 g/mol. The minimum Gasteiger partial charge on any atom is -0.506 e. The number of aromatic nitrogens is 2. The molecule has 0 aliphatic carbocycles. The van der Waals surface area contributed by atoms with Crippen molar-refractivity contribution in [2.24, 2.45) is 7.05 Å². The van der Waals surface area contributed by atoms with Gasteiger partial charge in [0.2, 0.25) is 0 Å². The summed E-state index contributed by atoms with van der Waals surface area (Å²) in [4.78, 5) is 40.3. The Morgan fingerprint density at radius 3 is 2.80 bits per heavy atom. The molecule has 0 radical (unpaired) electrons. The van der Waals surface area contributed by atoms with Crippen LogP contribution in [0.25, 0.3) is 21.5 Å². The highest BCUT2D eigenvalue weighted by Gasteiger charge is 2.22. The van der Waals surface area contributed by atoms with Gasteiger partial charge in [-0.15, -0.1) is 11.3 Å². The summed E-state index contributed by atoms with van der Waals surface area (Å²) in [6, 6.07) is 5.31. The van der Waals surface area contributed by atoms with Crippen molar-refractivity contribution in [2.45, 2.75) is 0 Å². The van der Waals surface area contributed by atoms with Crippen molar-refractivity contribution in [1.82, 2.24) is 14.9 Å². The van der Waals surface area contributed by atoms with Gasteiger partial charge >= 0.3 is 5.97 Å². The molecule has 0 spiro atoms. The molecule has 1 amide bonds. The van der Waals surface area contributed by atoms with Gasteiger partial charge in [0.15, 0.2) is 0 Å². The van der Waals surface area contributed by atoms with Crippen LogP contribution in [0.3, 0.4) is 0 Å². The van der Waals surface area contributed by atoms with E-state index in [1.165, 1.54) is 29.1 Å². The van der Waals surface area contributed by atoms with Crippen LogP contribution in [0.1, 0.15) is 10.4 Å². The molecule has 3 aromatic rings. The Morgan fingerprint density at radius 1 is 1.40 bits per heavy atom. The van der Waals surface area contributed by atoms with Crippen LogP contribution in [0.15, 0.2) is 34.6 Å². The molecule has 25 heavy (non-hydrogen) atoms. The molecular weight excluding hydrogens is 346 g/mol. The zero-order valence-electron chi connectivity index (χ0n) is 13.0. The first kappa shape index (κ1) is 16.7. The number of fused-ring (bicyclic) bond motifs is 1. The van der Waals surface area contributed by atoms with E-state index in [1.54, 1.807) is 6.07 Å². The van der Waals surface area contributed by atoms with Crippen molar-refractivity contribution in [2.75, 3.05) is 6.54 Å². The summed E-state index contributed by atoms with van der Waals surface area (Å²) in [5.41, 5.74) is -0.288. The third-order valence-corrected chi connectivity index (χ3v) is 4.55. The number of nitrogens with zero attached hydrogens (tertiary/aromatic N) is 2. The molecule has 128 valence electrons. The number of aromatic hydroxyl groups is 1. The summed E-state index contributed by atoms with van der Waals surface area (Å²) in [6.45, 7) is -0.656. The number of hydrogen-bond acceptors (Lipinski definition) is 6. The van der Waals surface area contributed by atoms with Gasteiger partial charge in [-0.25, -0.2) is 0 Å². The van der Waals surface area contributed by atoms with Crippen LogP contribution in [0.2, 0.25) is 0 Å². The lowest BCUT2D eigenvalue weighted by Crippen LogP contribution is -2.35. The van der Waals surface area contributed by atoms with Crippen LogP contribution in [0.4, 0.5) is 0 Å². The minimum atomic E-state index is -1.25. The Labute approximate surface area is 145 Å². The van der Waals surface area contributed by atoms with E-state index in [9.17, 15) is 19.5 Å². The summed E-state index contributed by atoms with van der Waals surface area (Å²) in [6.07, 6.45) is 1.45. The maximum Gasteiger partial charge on any atom is 0.322 e. The third kappa shape index (κ3) is 2.96. The summed E-state index contributed by atoms with van der Waals surface area (Å²) in [5, 5.41) is 23.4. The number of carbonyl (C=O) groups is 2. The third-order valence-electron chi connectivity index (χ3n) is 3.66. The Bertz CT molecular complexity index is 1040. The molecule has 0 aliphatic rings. The van der Waals surface area contributed by atoms with Crippen molar-refractivity contribution >= 4 is 34.1 Å². The van der Waals surface area contributed by atoms with Crippen molar-refractivity contribution in [1.29, 1.82) is 0 Å². The highest BCUT2D eigenvalue weighted by Crippen LogP contribution is 2.30. The standard InChI is InChI=1S/C16H13N3O5S/c1-19-10-6-17-9(11-3-2-4-25-11)5-8(10)14(22)13(16(19)24)15(23)18-7-12(20)21/h2-6,22H,7H2,1H3,(H,18,23)(H,20,21). The number of amides is 1. The molecule has 8 nitrogen and oxygen atoms in total. The van der Waals surface area contributed by atoms with Gasteiger partial charge in [0.1, 0.15) is 17.9 Å². The van der Waals surface area contributed by atoms with Gasteiger partial charge in [-0.05, 0) is 17.5 Å². The monoisotopic (exact) mass is 359 g/mol. The summed E-state index contributed by atoms with van der Waals surface area (Å²) < 4.78 is 1.19. The SMILES string of the molecule is Cn1c(=O)c(C(=O)NCC(=O)O)c(O)c2cc(-c3cccs3)ncc21. The molecule has 3 heterocycles. The van der Waals surface area contributed by atoms with E-state index in [1.807, 2.05) is 17.5 Å². The van der Waals surface area contributed by atoms with Gasteiger partial charge in [0, 0.05) is 12.4 Å². The minimum absolute atomic E-state index is 0.279. The number of carbonyl (C=O) groups excluding carboxylic acids is 1. The number of carboxylic acid groups (broad SMARTS) is 1. The maximum absolute atomic E-state index is 12.4. The van der Waals surface area contributed by atoms with Crippen LogP contribution in [-0.2, 0) is 11.8 Å². The lowest BCUT2D eigenvalue weighted by molar-refractivity contribution is -0.135. The summed E-state index contributed by atoms with van der Waals surface area (Å²) in [7, 11) is 1.45. The van der Waals surface area contributed by atoms with Crippen molar-refractivity contribution in [3.05, 3.63) is 45.7 Å². The van der Waals surface area contributed by atoms with Gasteiger partial charge in [0.25, 0.3) is 11.5 Å². The fourth-order valence-electron chi connectivity index (χ4n) is 2.43. The number of hydrogen-bond donors (Lipinski definition) is 3. The van der Waals surface area contributed by atoms with E-state index in [2.05, 4.69) is 10.3 Å². The van der Waals surface area contributed by atoms with Gasteiger partial charge in [-0.3, -0.25) is 19.4 Å². The quantitative estimate of drug-likeness (QED) is 0.643. The highest BCUT2D eigenvalue weighted by molar-refractivity contribution is 7.13. The van der Waals surface area contributed by atoms with Crippen LogP contribution in [0, 0.1) is 0 Å². The Morgan fingerprint density at radius 2 is 2.16 bits per heavy atom. The van der Waals surface area contributed by atoms with Gasteiger partial charge in [0.05, 0.1) is 22.3 Å². The average Bonchev–Trinajstić information content (AvgIpc) is 3.12. The highest BCUT2D eigenvalue weighted by atomic mass is 32.1. The van der Waals surface area contributed by atoms with E-state index in [-0.39, 0.29) is 5.39 Å². The molecule has 0 saturated carbocycles. The van der Waals surface area contributed by atoms with Crippen LogP contribution >= 0.6 is 11.3 Å². The Kier molecular flexibility index (Phi) is 4.24. The van der Waals surface area contributed by atoms with Crippen LogP contribution in [-0.4, -0.2) is 38.2 Å². The van der Waals surface area contributed by atoms with Crippen molar-refractivity contribution in [3.8, 4) is 16.3 Å². The predicted octanol–water partition coefficient (Wildman–Crippen LogP) is 1.18. The number of aliphatic carboxylic acids is 1. The largest absolute Gasteiger partial charge is 0.506 e. The van der Waals surface area contributed by atoms with E-state index in [0.717, 1.165) is 4.88 Å². The molecule has 3 N–H and O–H groups in total. The molecule has 3 aromatic heterocycles. The lowest BCUT2D eigenvalue weighted by Gasteiger charge is -2.12.